The topological polar surface area (TPSA) is 98.5 Å². The number of ether oxygens (including phenoxy) is 1. The predicted octanol–water partition coefficient (Wildman–Crippen LogP) is 3.52. The second-order valence-corrected chi connectivity index (χ2v) is 6.35. The highest BCUT2D eigenvalue weighted by atomic mass is 16.5. The van der Waals surface area contributed by atoms with Crippen molar-refractivity contribution in [3.05, 3.63) is 82.9 Å². The summed E-state index contributed by atoms with van der Waals surface area (Å²) in [7, 11) is 1.28. The van der Waals surface area contributed by atoms with E-state index in [2.05, 4.69) is 5.32 Å². The summed E-state index contributed by atoms with van der Waals surface area (Å²) < 4.78 is 4.70. The van der Waals surface area contributed by atoms with Crippen LogP contribution in [-0.4, -0.2) is 24.8 Å². The van der Waals surface area contributed by atoms with Gasteiger partial charge in [0.25, 0.3) is 5.91 Å². The van der Waals surface area contributed by atoms with Gasteiger partial charge < -0.3 is 15.8 Å². The van der Waals surface area contributed by atoms with E-state index in [1.165, 1.54) is 25.3 Å². The van der Waals surface area contributed by atoms with E-state index in [4.69, 9.17) is 10.5 Å². The Balaban J connectivity index is 1.75. The van der Waals surface area contributed by atoms with Crippen molar-refractivity contribution in [3.8, 4) is 11.1 Å². The molecular weight excluding hydrogens is 356 g/mol. The highest BCUT2D eigenvalue weighted by Crippen LogP contribution is 2.39. The van der Waals surface area contributed by atoms with Crippen molar-refractivity contribution in [1.82, 2.24) is 0 Å². The first-order chi connectivity index (χ1) is 13.5. The number of anilines is 2. The molecule has 4 rings (SSSR count). The molecule has 0 saturated heterocycles. The Labute approximate surface area is 160 Å². The van der Waals surface area contributed by atoms with Gasteiger partial charge in [0.1, 0.15) is 0 Å². The highest BCUT2D eigenvalue weighted by Gasteiger charge is 2.30. The maximum absolute atomic E-state index is 13.0. The van der Waals surface area contributed by atoms with Gasteiger partial charge in [0.05, 0.1) is 24.0 Å². The summed E-state index contributed by atoms with van der Waals surface area (Å²) in [6, 6.07) is 16.7. The molecule has 3 N–H and O–H groups in total. The Morgan fingerprint density at radius 3 is 2.39 bits per heavy atom. The molecule has 3 aromatic rings. The number of fused-ring (bicyclic) bond motifs is 3. The van der Waals surface area contributed by atoms with E-state index in [0.717, 1.165) is 5.56 Å². The summed E-state index contributed by atoms with van der Waals surface area (Å²) in [6.07, 6.45) is 0. The second kappa shape index (κ2) is 6.66. The fourth-order valence-corrected chi connectivity index (χ4v) is 3.36. The van der Waals surface area contributed by atoms with Crippen LogP contribution >= 0.6 is 0 Å². The number of carbonyl (C=O) groups is 3. The van der Waals surface area contributed by atoms with Gasteiger partial charge in [-0.05, 0) is 29.8 Å². The lowest BCUT2D eigenvalue weighted by atomic mass is 9.99. The Bertz CT molecular complexity index is 1150. The zero-order valence-corrected chi connectivity index (χ0v) is 15.0. The van der Waals surface area contributed by atoms with Crippen LogP contribution in [0.3, 0.4) is 0 Å². The van der Waals surface area contributed by atoms with Crippen molar-refractivity contribution < 1.29 is 19.1 Å². The molecule has 1 aliphatic rings. The SMILES string of the molecule is COC(=O)c1ccc(N)c(NC(=O)c2cccc3c2-c2ccccc2C3=O)c1. The van der Waals surface area contributed by atoms with E-state index < -0.39 is 11.9 Å². The maximum atomic E-state index is 13.0. The molecule has 0 fully saturated rings. The van der Waals surface area contributed by atoms with Gasteiger partial charge in [0, 0.05) is 22.3 Å². The maximum Gasteiger partial charge on any atom is 0.337 e. The van der Waals surface area contributed by atoms with E-state index in [1.807, 2.05) is 12.1 Å². The van der Waals surface area contributed by atoms with Crippen LogP contribution in [0.4, 0.5) is 11.4 Å². The number of nitrogens with one attached hydrogen (secondary N) is 1. The quantitative estimate of drug-likeness (QED) is 0.423. The van der Waals surface area contributed by atoms with Crippen molar-refractivity contribution in [2.75, 3.05) is 18.2 Å². The summed E-state index contributed by atoms with van der Waals surface area (Å²) in [5.74, 6) is -1.06. The number of hydrogen-bond acceptors (Lipinski definition) is 5. The molecular formula is C22H16N2O4. The zero-order valence-electron chi connectivity index (χ0n) is 15.0. The van der Waals surface area contributed by atoms with Crippen LogP contribution in [0.1, 0.15) is 36.6 Å². The van der Waals surface area contributed by atoms with Gasteiger partial charge in [-0.1, -0.05) is 36.4 Å². The molecule has 6 heteroatoms. The lowest BCUT2D eigenvalue weighted by molar-refractivity contribution is 0.0600. The molecule has 0 unspecified atom stereocenters. The highest BCUT2D eigenvalue weighted by molar-refractivity contribution is 6.25. The van der Waals surface area contributed by atoms with Crippen LogP contribution in [-0.2, 0) is 4.74 Å². The summed E-state index contributed by atoms with van der Waals surface area (Å²) in [5.41, 5.74) is 9.57. The van der Waals surface area contributed by atoms with Gasteiger partial charge in [-0.25, -0.2) is 4.79 Å². The van der Waals surface area contributed by atoms with Crippen molar-refractivity contribution in [2.45, 2.75) is 0 Å². The standard InChI is InChI=1S/C22H16N2O4/c1-28-22(27)12-9-10-17(23)18(11-12)24-21(26)16-8-4-7-15-19(16)13-5-2-3-6-14(13)20(15)25/h2-11H,23H2,1H3,(H,24,26). The summed E-state index contributed by atoms with van der Waals surface area (Å²) in [5, 5.41) is 2.74. The zero-order chi connectivity index (χ0) is 19.8. The molecule has 0 atom stereocenters. The van der Waals surface area contributed by atoms with E-state index in [-0.39, 0.29) is 11.3 Å². The molecule has 6 nitrogen and oxygen atoms in total. The van der Waals surface area contributed by atoms with Crippen LogP contribution in [0.15, 0.2) is 60.7 Å². The molecule has 138 valence electrons. The number of benzene rings is 3. The normalized spacial score (nSPS) is 11.5. The van der Waals surface area contributed by atoms with Gasteiger partial charge >= 0.3 is 5.97 Å². The minimum absolute atomic E-state index is 0.104. The fraction of sp³-hybridized carbons (Fsp3) is 0.0455. The van der Waals surface area contributed by atoms with Crippen molar-refractivity contribution in [3.63, 3.8) is 0 Å². The van der Waals surface area contributed by atoms with Gasteiger partial charge in [-0.2, -0.15) is 0 Å². The molecule has 0 aromatic heterocycles. The van der Waals surface area contributed by atoms with E-state index in [9.17, 15) is 14.4 Å². The number of hydrogen-bond donors (Lipinski definition) is 2. The third kappa shape index (κ3) is 2.72. The Hall–Kier alpha value is -3.93. The molecule has 0 heterocycles. The monoisotopic (exact) mass is 372 g/mol. The van der Waals surface area contributed by atoms with Crippen molar-refractivity contribution in [2.24, 2.45) is 0 Å². The van der Waals surface area contributed by atoms with Gasteiger partial charge in [0.2, 0.25) is 0 Å². The Morgan fingerprint density at radius 2 is 1.64 bits per heavy atom. The van der Waals surface area contributed by atoms with Crippen LogP contribution in [0.2, 0.25) is 0 Å². The molecule has 0 bridgehead atoms. The summed E-state index contributed by atoms with van der Waals surface area (Å²) >= 11 is 0. The fourth-order valence-electron chi connectivity index (χ4n) is 3.36. The second-order valence-electron chi connectivity index (χ2n) is 6.35. The lowest BCUT2D eigenvalue weighted by Crippen LogP contribution is -2.15. The number of rotatable bonds is 3. The number of carbonyl (C=O) groups excluding carboxylic acids is 3. The largest absolute Gasteiger partial charge is 0.465 e. The third-order valence-corrected chi connectivity index (χ3v) is 4.72. The molecule has 0 saturated carbocycles. The smallest absolute Gasteiger partial charge is 0.337 e. The van der Waals surface area contributed by atoms with Gasteiger partial charge in [-0.3, -0.25) is 9.59 Å². The molecule has 3 aromatic carbocycles. The number of esters is 1. The molecule has 28 heavy (non-hydrogen) atoms. The van der Waals surface area contributed by atoms with Crippen LogP contribution < -0.4 is 11.1 Å². The summed E-state index contributed by atoms with van der Waals surface area (Å²) in [6.45, 7) is 0. The Kier molecular flexibility index (Phi) is 4.16. The average Bonchev–Trinajstić information content (AvgIpc) is 3.02. The lowest BCUT2D eigenvalue weighted by Gasteiger charge is -2.12. The average molecular weight is 372 g/mol. The van der Waals surface area contributed by atoms with Crippen LogP contribution in [0.25, 0.3) is 11.1 Å². The molecule has 0 aliphatic heterocycles. The van der Waals surface area contributed by atoms with Gasteiger partial charge in [0.15, 0.2) is 5.78 Å². The first-order valence-electron chi connectivity index (χ1n) is 8.57. The number of amides is 1. The summed E-state index contributed by atoms with van der Waals surface area (Å²) in [4.78, 5) is 37.4. The minimum Gasteiger partial charge on any atom is -0.465 e. The van der Waals surface area contributed by atoms with Gasteiger partial charge in [-0.15, -0.1) is 0 Å². The van der Waals surface area contributed by atoms with E-state index in [0.29, 0.717) is 33.6 Å². The molecule has 1 aliphatic carbocycles. The number of ketones is 1. The first-order valence-corrected chi connectivity index (χ1v) is 8.57. The van der Waals surface area contributed by atoms with E-state index in [1.54, 1.807) is 30.3 Å². The molecule has 0 spiro atoms. The van der Waals surface area contributed by atoms with Crippen LogP contribution in [0.5, 0.6) is 0 Å². The van der Waals surface area contributed by atoms with E-state index >= 15 is 0 Å². The van der Waals surface area contributed by atoms with Crippen molar-refractivity contribution in [1.29, 1.82) is 0 Å². The molecule has 1 amide bonds. The van der Waals surface area contributed by atoms with Crippen LogP contribution in [0, 0.1) is 0 Å². The molecule has 0 radical (unpaired) electrons. The van der Waals surface area contributed by atoms with Crippen molar-refractivity contribution >= 4 is 29.0 Å². The first kappa shape index (κ1) is 17.5. The predicted molar refractivity (Wildman–Crippen MR) is 105 cm³/mol. The number of nitrogen functional groups attached to an aromatic ring is 1. The number of nitrogens with two attached hydrogens (primary N) is 1. The third-order valence-electron chi connectivity index (χ3n) is 4.72. The Morgan fingerprint density at radius 1 is 0.929 bits per heavy atom. The number of methoxy groups -OCH3 is 1. The minimum atomic E-state index is -0.532.